The van der Waals surface area contributed by atoms with Crippen molar-refractivity contribution < 1.29 is 80.2 Å². The summed E-state index contributed by atoms with van der Waals surface area (Å²) in [4.78, 5) is 71.8. The van der Waals surface area contributed by atoms with E-state index < -0.39 is 97.5 Å². The van der Waals surface area contributed by atoms with Gasteiger partial charge < -0.3 is 33.8 Å². The average Bonchev–Trinajstić information content (AvgIpc) is 3.41. The van der Waals surface area contributed by atoms with Crippen LogP contribution in [-0.2, 0) is 65.4 Å². The minimum absolute atomic E-state index is 0.103. The maximum atomic E-state index is 12.9. The molecule has 17 nitrogen and oxygen atoms in total. The number of phosphoric acid groups is 2. The van der Waals surface area contributed by atoms with E-state index in [1.165, 1.54) is 109 Å². The number of carbonyl (C=O) groups excluding carboxylic acids is 4. The Morgan fingerprint density at radius 2 is 0.575 bits per heavy atom. The van der Waals surface area contributed by atoms with E-state index in [9.17, 15) is 43.2 Å². The maximum Gasteiger partial charge on any atom is 0.472 e. The van der Waals surface area contributed by atoms with Crippen LogP contribution in [0.15, 0.2) is 0 Å². The smallest absolute Gasteiger partial charge is 0.462 e. The number of ether oxygens (including phenoxy) is 4. The van der Waals surface area contributed by atoms with Crippen LogP contribution in [-0.4, -0.2) is 96.7 Å². The van der Waals surface area contributed by atoms with Crippen molar-refractivity contribution in [2.75, 3.05) is 39.6 Å². The van der Waals surface area contributed by atoms with Gasteiger partial charge in [-0.3, -0.25) is 37.3 Å². The number of esters is 4. The molecule has 0 saturated carbocycles. The van der Waals surface area contributed by atoms with Gasteiger partial charge in [0.15, 0.2) is 12.2 Å². The molecule has 0 rings (SSSR count). The second kappa shape index (κ2) is 53.8. The first kappa shape index (κ1) is 78.1. The van der Waals surface area contributed by atoms with Crippen molar-refractivity contribution in [3.05, 3.63) is 0 Å². The molecule has 0 spiro atoms. The van der Waals surface area contributed by atoms with E-state index >= 15 is 0 Å². The minimum Gasteiger partial charge on any atom is -0.462 e. The maximum absolute atomic E-state index is 12.9. The molecule has 0 aromatic rings. The van der Waals surface area contributed by atoms with Crippen molar-refractivity contribution in [2.45, 2.75) is 317 Å². The molecule has 0 heterocycles. The van der Waals surface area contributed by atoms with Gasteiger partial charge in [0.2, 0.25) is 0 Å². The average molecular weight is 1190 g/mol. The van der Waals surface area contributed by atoms with Gasteiger partial charge in [-0.05, 0) is 37.5 Å². The second-order valence-electron chi connectivity index (χ2n) is 23.0. The number of aliphatic hydroxyl groups excluding tert-OH is 1. The SMILES string of the molecule is CCCCCCCCCCCCCCC(=O)OC[C@H](COP(=O)(O)OC[C@@H](O)COP(=O)(O)OC[C@@H](COC(=O)CCCCCCC)OC(=O)CCCCCCCCCCC(C)C)OC(=O)CCCCCCCCCCCC(C)C. The Balaban J connectivity index is 5.19. The van der Waals surface area contributed by atoms with Crippen molar-refractivity contribution >= 4 is 39.5 Å². The van der Waals surface area contributed by atoms with Gasteiger partial charge in [-0.25, -0.2) is 9.13 Å². The monoisotopic (exact) mass is 1180 g/mol. The third kappa shape index (κ3) is 55.3. The zero-order chi connectivity index (χ0) is 59.4. The van der Waals surface area contributed by atoms with Crippen LogP contribution in [0.25, 0.3) is 0 Å². The van der Waals surface area contributed by atoms with E-state index in [2.05, 4.69) is 41.5 Å². The summed E-state index contributed by atoms with van der Waals surface area (Å²) in [7, 11) is -9.87. The van der Waals surface area contributed by atoms with Crippen molar-refractivity contribution in [3.63, 3.8) is 0 Å². The molecule has 0 aliphatic heterocycles. The first-order valence-electron chi connectivity index (χ1n) is 32.0. The lowest BCUT2D eigenvalue weighted by Crippen LogP contribution is -2.30. The van der Waals surface area contributed by atoms with Crippen LogP contribution in [0.4, 0.5) is 0 Å². The van der Waals surface area contributed by atoms with Gasteiger partial charge in [-0.15, -0.1) is 0 Å². The van der Waals surface area contributed by atoms with E-state index in [-0.39, 0.29) is 25.7 Å². The van der Waals surface area contributed by atoms with Gasteiger partial charge in [0.1, 0.15) is 19.3 Å². The highest BCUT2D eigenvalue weighted by atomic mass is 31.2. The molecule has 0 fully saturated rings. The molecular formula is C61H118O17P2. The Kier molecular flexibility index (Phi) is 52.5. The molecular weight excluding hydrogens is 1070 g/mol. The van der Waals surface area contributed by atoms with E-state index in [4.69, 9.17) is 37.0 Å². The fourth-order valence-corrected chi connectivity index (χ4v) is 10.6. The Morgan fingerprint density at radius 1 is 0.338 bits per heavy atom. The molecule has 3 N–H and O–H groups in total. The normalized spacial score (nSPS) is 14.4. The van der Waals surface area contributed by atoms with Crippen LogP contribution in [0.3, 0.4) is 0 Å². The van der Waals surface area contributed by atoms with E-state index in [0.717, 1.165) is 108 Å². The van der Waals surface area contributed by atoms with E-state index in [1.54, 1.807) is 0 Å². The summed E-state index contributed by atoms with van der Waals surface area (Å²) >= 11 is 0. The van der Waals surface area contributed by atoms with Gasteiger partial charge in [0, 0.05) is 25.7 Å². The van der Waals surface area contributed by atoms with E-state index in [1.807, 2.05) is 0 Å². The fraction of sp³-hybridized carbons (Fsp3) is 0.934. The first-order valence-corrected chi connectivity index (χ1v) is 35.0. The highest BCUT2D eigenvalue weighted by Crippen LogP contribution is 2.45. The number of hydrogen-bond donors (Lipinski definition) is 3. The summed E-state index contributed by atoms with van der Waals surface area (Å²) in [6, 6.07) is 0. The Hall–Kier alpha value is -1.94. The third-order valence-corrected chi connectivity index (χ3v) is 15.9. The summed E-state index contributed by atoms with van der Waals surface area (Å²) in [6.45, 7) is 9.32. The molecule has 0 aromatic carbocycles. The van der Waals surface area contributed by atoms with Gasteiger partial charge >= 0.3 is 39.5 Å². The third-order valence-electron chi connectivity index (χ3n) is 14.0. The lowest BCUT2D eigenvalue weighted by atomic mass is 10.0. The number of hydrogen-bond acceptors (Lipinski definition) is 15. The molecule has 0 amide bonds. The van der Waals surface area contributed by atoms with Crippen LogP contribution in [0.2, 0.25) is 0 Å². The first-order chi connectivity index (χ1) is 38.4. The van der Waals surface area contributed by atoms with Crippen molar-refractivity contribution in [2.24, 2.45) is 11.8 Å². The van der Waals surface area contributed by atoms with Gasteiger partial charge in [0.05, 0.1) is 26.4 Å². The lowest BCUT2D eigenvalue weighted by Gasteiger charge is -2.21. The number of carbonyl (C=O) groups is 4. The number of unbranched alkanes of at least 4 members (excludes halogenated alkanes) is 30. The zero-order valence-electron chi connectivity index (χ0n) is 51.4. The molecule has 80 heavy (non-hydrogen) atoms. The van der Waals surface area contributed by atoms with Crippen molar-refractivity contribution in [1.29, 1.82) is 0 Å². The molecule has 5 atom stereocenters. The standard InChI is InChI=1S/C61H118O17P2/c1-7-9-11-13-14-15-16-17-20-26-32-38-44-59(64)72-50-57(78-60(65)45-39-33-27-21-18-19-24-30-35-41-53(3)4)52-76-80(69,70)74-48-55(62)47-73-79(67,68)75-51-56(49-71-58(63)43-37-29-12-10-8-2)77-61(66)46-40-34-28-23-22-25-31-36-42-54(5)6/h53-57,62H,7-52H2,1-6H3,(H,67,68)(H,69,70)/t55-,56+,57+/m0/s1. The zero-order valence-corrected chi connectivity index (χ0v) is 53.2. The van der Waals surface area contributed by atoms with Gasteiger partial charge in [-0.1, -0.05) is 247 Å². The summed E-state index contributed by atoms with van der Waals surface area (Å²) in [5.74, 6) is -0.694. The van der Waals surface area contributed by atoms with Crippen LogP contribution in [0.5, 0.6) is 0 Å². The number of rotatable bonds is 60. The van der Waals surface area contributed by atoms with Gasteiger partial charge in [-0.2, -0.15) is 0 Å². The fourth-order valence-electron chi connectivity index (χ4n) is 9.00. The van der Waals surface area contributed by atoms with Crippen molar-refractivity contribution in [1.82, 2.24) is 0 Å². The molecule has 19 heteroatoms. The summed E-state index contributed by atoms with van der Waals surface area (Å²) < 4.78 is 67.7. The number of aliphatic hydroxyl groups is 1. The lowest BCUT2D eigenvalue weighted by molar-refractivity contribution is -0.161. The predicted octanol–water partition coefficient (Wildman–Crippen LogP) is 16.5. The van der Waals surface area contributed by atoms with Crippen LogP contribution >= 0.6 is 15.6 Å². The molecule has 474 valence electrons. The topological polar surface area (TPSA) is 237 Å². The molecule has 2 unspecified atom stereocenters. The molecule has 0 saturated heterocycles. The highest BCUT2D eigenvalue weighted by molar-refractivity contribution is 7.47. The Labute approximate surface area is 486 Å². The van der Waals surface area contributed by atoms with Crippen LogP contribution in [0, 0.1) is 11.8 Å². The quantitative estimate of drug-likeness (QED) is 0.0222. The number of phosphoric ester groups is 2. The molecule has 0 aromatic heterocycles. The molecule has 0 radical (unpaired) electrons. The molecule has 0 aliphatic rings. The summed E-state index contributed by atoms with van der Waals surface area (Å²) in [6.07, 6.45) is 35.2. The summed E-state index contributed by atoms with van der Waals surface area (Å²) in [5.41, 5.74) is 0. The summed E-state index contributed by atoms with van der Waals surface area (Å²) in [5, 5.41) is 10.5. The Morgan fingerprint density at radius 3 is 0.850 bits per heavy atom. The molecule has 0 aliphatic carbocycles. The van der Waals surface area contributed by atoms with Crippen molar-refractivity contribution in [3.8, 4) is 0 Å². The van der Waals surface area contributed by atoms with Crippen LogP contribution in [0.1, 0.15) is 298 Å². The predicted molar refractivity (Wildman–Crippen MR) is 317 cm³/mol. The van der Waals surface area contributed by atoms with Crippen LogP contribution < -0.4 is 0 Å². The van der Waals surface area contributed by atoms with Gasteiger partial charge in [0.25, 0.3) is 0 Å². The Bertz CT molecular complexity index is 1580. The highest BCUT2D eigenvalue weighted by Gasteiger charge is 2.30. The second-order valence-corrected chi connectivity index (χ2v) is 25.9. The largest absolute Gasteiger partial charge is 0.472 e. The van der Waals surface area contributed by atoms with E-state index in [0.29, 0.717) is 25.7 Å². The molecule has 0 bridgehead atoms. The minimum atomic E-state index is -4.94.